The minimum absolute atomic E-state index is 0.144. The number of ether oxygens (including phenoxy) is 1. The number of guanidine groups is 1. The van der Waals surface area contributed by atoms with Gasteiger partial charge in [-0.15, -0.1) is 0 Å². The fourth-order valence-corrected chi connectivity index (χ4v) is 1.93. The maximum atomic E-state index is 9.18. The summed E-state index contributed by atoms with van der Waals surface area (Å²) in [5.41, 5.74) is 6.68. The Morgan fingerprint density at radius 1 is 1.37 bits per heavy atom. The van der Waals surface area contributed by atoms with E-state index >= 15 is 0 Å². The van der Waals surface area contributed by atoms with Gasteiger partial charge in [0.2, 0.25) is 0 Å². The first-order valence-corrected chi connectivity index (χ1v) is 6.58. The van der Waals surface area contributed by atoms with Crippen molar-refractivity contribution >= 4 is 11.6 Å². The summed E-state index contributed by atoms with van der Waals surface area (Å²) >= 11 is 0. The number of aliphatic imine (C=N–C) groups is 1. The normalized spacial score (nSPS) is 23.1. The summed E-state index contributed by atoms with van der Waals surface area (Å²) in [5, 5.41) is 12.2. The summed E-state index contributed by atoms with van der Waals surface area (Å²) < 4.78 is 5.56. The van der Waals surface area contributed by atoms with Gasteiger partial charge in [0.25, 0.3) is 0 Å². The molecule has 0 atom stereocenters. The van der Waals surface area contributed by atoms with Gasteiger partial charge in [0.1, 0.15) is 5.75 Å². The molecule has 0 amide bonds. The summed E-state index contributed by atoms with van der Waals surface area (Å²) in [6.07, 6.45) is 1.34. The van der Waals surface area contributed by atoms with E-state index in [2.05, 4.69) is 10.3 Å². The fourth-order valence-electron chi connectivity index (χ4n) is 1.93. The van der Waals surface area contributed by atoms with Crippen molar-refractivity contribution in [2.45, 2.75) is 44.9 Å². The van der Waals surface area contributed by atoms with E-state index in [9.17, 15) is 5.11 Å². The van der Waals surface area contributed by atoms with Gasteiger partial charge in [0.15, 0.2) is 5.96 Å². The van der Waals surface area contributed by atoms with Gasteiger partial charge in [-0.25, -0.2) is 4.99 Å². The largest absolute Gasteiger partial charge is 0.491 e. The zero-order valence-electron chi connectivity index (χ0n) is 11.3. The van der Waals surface area contributed by atoms with Crippen molar-refractivity contribution in [2.75, 3.05) is 5.32 Å². The quantitative estimate of drug-likeness (QED) is 0.571. The third-order valence-electron chi connectivity index (χ3n) is 2.91. The van der Waals surface area contributed by atoms with Gasteiger partial charge in [-0.05, 0) is 51.0 Å². The molecule has 1 aliphatic rings. The third kappa shape index (κ3) is 4.13. The highest BCUT2D eigenvalue weighted by molar-refractivity contribution is 5.92. The van der Waals surface area contributed by atoms with Crippen LogP contribution in [0.4, 0.5) is 5.69 Å². The lowest BCUT2D eigenvalue weighted by molar-refractivity contribution is 0.0778. The van der Waals surface area contributed by atoms with Gasteiger partial charge in [-0.3, -0.25) is 0 Å². The number of benzene rings is 1. The van der Waals surface area contributed by atoms with Gasteiger partial charge < -0.3 is 20.9 Å². The molecule has 5 nitrogen and oxygen atoms in total. The van der Waals surface area contributed by atoms with Crippen LogP contribution in [0.25, 0.3) is 0 Å². The van der Waals surface area contributed by atoms with Crippen LogP contribution in [0.1, 0.15) is 26.7 Å². The van der Waals surface area contributed by atoms with Crippen molar-refractivity contribution in [3.63, 3.8) is 0 Å². The Hall–Kier alpha value is -1.75. The number of nitrogens with one attached hydrogen (secondary N) is 1. The van der Waals surface area contributed by atoms with E-state index in [4.69, 9.17) is 10.5 Å². The van der Waals surface area contributed by atoms with Crippen LogP contribution in [0.2, 0.25) is 0 Å². The van der Waals surface area contributed by atoms with E-state index in [1.54, 1.807) is 0 Å². The van der Waals surface area contributed by atoms with Crippen LogP contribution >= 0.6 is 0 Å². The minimum atomic E-state index is -0.214. The van der Waals surface area contributed by atoms with Crippen molar-refractivity contribution in [1.29, 1.82) is 0 Å². The lowest BCUT2D eigenvalue weighted by atomic mass is 9.90. The highest BCUT2D eigenvalue weighted by atomic mass is 16.5. The molecule has 0 aromatic heterocycles. The van der Waals surface area contributed by atoms with E-state index in [0.29, 0.717) is 18.8 Å². The molecule has 104 valence electrons. The fraction of sp³-hybridized carbons (Fsp3) is 0.500. The average Bonchev–Trinajstić information content (AvgIpc) is 2.29. The van der Waals surface area contributed by atoms with Crippen molar-refractivity contribution in [3.05, 3.63) is 24.3 Å². The molecular formula is C14H21N3O2. The second kappa shape index (κ2) is 5.93. The predicted molar refractivity (Wildman–Crippen MR) is 76.5 cm³/mol. The summed E-state index contributed by atoms with van der Waals surface area (Å²) in [6, 6.07) is 7.72. The maximum absolute atomic E-state index is 9.18. The van der Waals surface area contributed by atoms with Gasteiger partial charge >= 0.3 is 0 Å². The Morgan fingerprint density at radius 2 is 2.00 bits per heavy atom. The van der Waals surface area contributed by atoms with Gasteiger partial charge in [-0.2, -0.15) is 0 Å². The lowest BCUT2D eigenvalue weighted by Crippen LogP contribution is -2.35. The van der Waals surface area contributed by atoms with Crippen molar-refractivity contribution in [2.24, 2.45) is 10.7 Å². The van der Waals surface area contributed by atoms with Gasteiger partial charge in [-0.1, -0.05) is 0 Å². The Balaban J connectivity index is 1.88. The van der Waals surface area contributed by atoms with Crippen molar-refractivity contribution in [1.82, 2.24) is 0 Å². The molecule has 0 aliphatic heterocycles. The molecule has 0 bridgehead atoms. The number of hydrogen-bond donors (Lipinski definition) is 3. The maximum Gasteiger partial charge on any atom is 0.193 e. The molecule has 0 saturated heterocycles. The molecule has 1 aromatic rings. The van der Waals surface area contributed by atoms with Crippen LogP contribution in [-0.4, -0.2) is 29.3 Å². The predicted octanol–water partition coefficient (Wildman–Crippen LogP) is 1.72. The van der Waals surface area contributed by atoms with Crippen LogP contribution in [0.5, 0.6) is 5.75 Å². The van der Waals surface area contributed by atoms with Crippen molar-refractivity contribution in [3.8, 4) is 5.75 Å². The first kappa shape index (κ1) is 13.7. The molecule has 5 heteroatoms. The second-order valence-corrected chi connectivity index (χ2v) is 5.11. The first-order chi connectivity index (χ1) is 9.02. The van der Waals surface area contributed by atoms with Gasteiger partial charge in [0, 0.05) is 5.69 Å². The summed E-state index contributed by atoms with van der Waals surface area (Å²) in [7, 11) is 0. The zero-order chi connectivity index (χ0) is 13.8. The number of hydrogen-bond acceptors (Lipinski definition) is 3. The van der Waals surface area contributed by atoms with E-state index in [0.717, 1.165) is 11.4 Å². The molecule has 0 heterocycles. The molecule has 0 unspecified atom stereocenters. The molecule has 1 saturated carbocycles. The van der Waals surface area contributed by atoms with E-state index in [1.807, 2.05) is 38.1 Å². The van der Waals surface area contributed by atoms with Crippen LogP contribution in [0, 0.1) is 0 Å². The van der Waals surface area contributed by atoms with Crippen LogP contribution in [-0.2, 0) is 0 Å². The third-order valence-corrected chi connectivity index (χ3v) is 2.91. The van der Waals surface area contributed by atoms with E-state index in [1.165, 1.54) is 0 Å². The lowest BCUT2D eigenvalue weighted by Gasteiger charge is -2.28. The SMILES string of the molecule is CC(C)Oc1ccc(NC(N)=NC2CC(O)C2)cc1. The molecule has 0 spiro atoms. The standard InChI is InChI=1S/C14H21N3O2/c1-9(2)19-13-5-3-10(4-6-13)16-14(15)17-11-7-12(18)8-11/h3-6,9,11-12,18H,7-8H2,1-2H3,(H3,15,16,17). The Bertz CT molecular complexity index is 437. The first-order valence-electron chi connectivity index (χ1n) is 6.58. The summed E-state index contributed by atoms with van der Waals surface area (Å²) in [5.74, 6) is 1.22. The zero-order valence-corrected chi connectivity index (χ0v) is 11.3. The topological polar surface area (TPSA) is 79.9 Å². The summed E-state index contributed by atoms with van der Waals surface area (Å²) in [4.78, 5) is 4.29. The minimum Gasteiger partial charge on any atom is -0.491 e. The second-order valence-electron chi connectivity index (χ2n) is 5.11. The Kier molecular flexibility index (Phi) is 4.27. The average molecular weight is 263 g/mol. The van der Waals surface area contributed by atoms with E-state index in [-0.39, 0.29) is 18.2 Å². The van der Waals surface area contributed by atoms with Crippen LogP contribution in [0.15, 0.2) is 29.3 Å². The molecule has 1 aliphatic carbocycles. The Morgan fingerprint density at radius 3 is 2.53 bits per heavy atom. The van der Waals surface area contributed by atoms with Crippen LogP contribution in [0.3, 0.4) is 0 Å². The number of rotatable bonds is 4. The molecule has 4 N–H and O–H groups in total. The summed E-state index contributed by atoms with van der Waals surface area (Å²) in [6.45, 7) is 3.98. The molecule has 19 heavy (non-hydrogen) atoms. The smallest absolute Gasteiger partial charge is 0.193 e. The van der Waals surface area contributed by atoms with Crippen LogP contribution < -0.4 is 15.8 Å². The number of anilines is 1. The molecule has 1 aromatic carbocycles. The molecule has 0 radical (unpaired) electrons. The highest BCUT2D eigenvalue weighted by Gasteiger charge is 2.26. The number of aliphatic hydroxyl groups excluding tert-OH is 1. The number of nitrogens with zero attached hydrogens (tertiary/aromatic N) is 1. The number of nitrogens with two attached hydrogens (primary N) is 1. The Labute approximate surface area is 113 Å². The monoisotopic (exact) mass is 263 g/mol. The highest BCUT2D eigenvalue weighted by Crippen LogP contribution is 2.23. The molecular weight excluding hydrogens is 242 g/mol. The van der Waals surface area contributed by atoms with Crippen molar-refractivity contribution < 1.29 is 9.84 Å². The van der Waals surface area contributed by atoms with E-state index < -0.39 is 0 Å². The molecule has 2 rings (SSSR count). The molecule has 1 fully saturated rings. The van der Waals surface area contributed by atoms with Gasteiger partial charge in [0.05, 0.1) is 18.2 Å². The number of aliphatic hydroxyl groups is 1.